The number of rotatable bonds is 7. The fourth-order valence-electron chi connectivity index (χ4n) is 3.20. The molecule has 5 nitrogen and oxygen atoms in total. The van der Waals surface area contributed by atoms with E-state index in [1.807, 2.05) is 92.6 Å². The molecule has 0 bridgehead atoms. The van der Waals surface area contributed by atoms with Crippen molar-refractivity contribution in [3.63, 3.8) is 0 Å². The van der Waals surface area contributed by atoms with Crippen LogP contribution >= 0.6 is 0 Å². The molecular weight excluding hydrogens is 370 g/mol. The van der Waals surface area contributed by atoms with Gasteiger partial charge in [-0.2, -0.15) is 0 Å². The summed E-state index contributed by atoms with van der Waals surface area (Å²) in [5.41, 5.74) is 2.18. The predicted molar refractivity (Wildman–Crippen MR) is 116 cm³/mol. The van der Waals surface area contributed by atoms with Crippen molar-refractivity contribution in [2.75, 3.05) is 39.6 Å². The van der Waals surface area contributed by atoms with Crippen molar-refractivity contribution in [3.05, 3.63) is 72.3 Å². The van der Waals surface area contributed by atoms with Crippen molar-refractivity contribution < 1.29 is 8.42 Å². The largest absolute Gasteiger partial charge is 0.378 e. The van der Waals surface area contributed by atoms with E-state index in [1.54, 1.807) is 12.1 Å². The van der Waals surface area contributed by atoms with Gasteiger partial charge in [-0.05, 0) is 54.7 Å². The second-order valence-corrected chi connectivity index (χ2v) is 9.09. The summed E-state index contributed by atoms with van der Waals surface area (Å²) >= 11 is 0. The number of hydrogen-bond donors (Lipinski definition) is 1. The molecule has 0 unspecified atom stereocenters. The second kappa shape index (κ2) is 8.31. The van der Waals surface area contributed by atoms with Crippen molar-refractivity contribution in [1.29, 1.82) is 0 Å². The van der Waals surface area contributed by atoms with Gasteiger partial charge >= 0.3 is 0 Å². The van der Waals surface area contributed by atoms with Crippen LogP contribution in [0.4, 0.5) is 5.69 Å². The molecule has 0 aliphatic heterocycles. The quantitative estimate of drug-likeness (QED) is 0.663. The Balaban J connectivity index is 1.79. The molecule has 6 heteroatoms. The van der Waals surface area contributed by atoms with E-state index in [0.29, 0.717) is 6.54 Å². The van der Waals surface area contributed by atoms with E-state index in [2.05, 4.69) is 4.72 Å². The number of sulfonamides is 1. The summed E-state index contributed by atoms with van der Waals surface area (Å²) in [6.07, 6.45) is 0. The molecule has 1 N–H and O–H groups in total. The van der Waals surface area contributed by atoms with Crippen LogP contribution < -0.4 is 9.62 Å². The molecule has 3 aromatic rings. The Bertz CT molecular complexity index is 1040. The van der Waals surface area contributed by atoms with Crippen LogP contribution in [0, 0.1) is 0 Å². The van der Waals surface area contributed by atoms with E-state index >= 15 is 0 Å². The standard InChI is InChI=1S/C22H27N3O2S/c1-24(2)20-12-9-18(10-13-20)22(25(3)4)16-23-28(26,27)21-14-11-17-7-5-6-8-19(17)15-21/h5-15,22-23H,16H2,1-4H3/t22-/m1/s1. The number of fused-ring (bicyclic) bond motifs is 1. The lowest BCUT2D eigenvalue weighted by molar-refractivity contribution is 0.299. The van der Waals surface area contributed by atoms with E-state index in [1.165, 1.54) is 0 Å². The van der Waals surface area contributed by atoms with Crippen LogP contribution in [-0.4, -0.2) is 48.1 Å². The third-order valence-corrected chi connectivity index (χ3v) is 6.34. The maximum atomic E-state index is 12.8. The van der Waals surface area contributed by atoms with Gasteiger partial charge in [-0.1, -0.05) is 42.5 Å². The highest BCUT2D eigenvalue weighted by Crippen LogP contribution is 2.23. The number of benzene rings is 3. The minimum Gasteiger partial charge on any atom is -0.378 e. The Kier molecular flexibility index (Phi) is 6.03. The van der Waals surface area contributed by atoms with Gasteiger partial charge in [0, 0.05) is 32.4 Å². The third-order valence-electron chi connectivity index (χ3n) is 4.92. The van der Waals surface area contributed by atoms with Gasteiger partial charge in [0.05, 0.1) is 4.90 Å². The van der Waals surface area contributed by atoms with Crippen molar-refractivity contribution in [2.45, 2.75) is 10.9 Å². The van der Waals surface area contributed by atoms with Crippen molar-refractivity contribution in [3.8, 4) is 0 Å². The summed E-state index contributed by atoms with van der Waals surface area (Å²) in [5, 5.41) is 1.93. The van der Waals surface area contributed by atoms with E-state index < -0.39 is 10.0 Å². The smallest absolute Gasteiger partial charge is 0.240 e. The highest BCUT2D eigenvalue weighted by atomic mass is 32.2. The first-order valence-corrected chi connectivity index (χ1v) is 10.7. The fourth-order valence-corrected chi connectivity index (χ4v) is 4.27. The number of likely N-dealkylation sites (N-methyl/N-ethyl adjacent to an activating group) is 1. The van der Waals surface area contributed by atoms with E-state index in [4.69, 9.17) is 0 Å². The molecule has 0 fully saturated rings. The van der Waals surface area contributed by atoms with Crippen LogP contribution in [0.25, 0.3) is 10.8 Å². The summed E-state index contributed by atoms with van der Waals surface area (Å²) in [4.78, 5) is 4.34. The van der Waals surface area contributed by atoms with Gasteiger partial charge in [-0.15, -0.1) is 0 Å². The maximum absolute atomic E-state index is 12.8. The van der Waals surface area contributed by atoms with Crippen LogP contribution in [0.15, 0.2) is 71.6 Å². The van der Waals surface area contributed by atoms with Crippen LogP contribution in [0.1, 0.15) is 11.6 Å². The molecule has 0 aromatic heterocycles. The lowest BCUT2D eigenvalue weighted by Crippen LogP contribution is -2.34. The van der Waals surface area contributed by atoms with Gasteiger partial charge in [0.1, 0.15) is 0 Å². The van der Waals surface area contributed by atoms with Gasteiger partial charge in [-0.25, -0.2) is 13.1 Å². The fraction of sp³-hybridized carbons (Fsp3) is 0.273. The average Bonchev–Trinajstić information content (AvgIpc) is 2.67. The Morgan fingerprint density at radius 3 is 2.11 bits per heavy atom. The summed E-state index contributed by atoms with van der Waals surface area (Å²) in [6.45, 7) is 0.295. The minimum absolute atomic E-state index is 0.0635. The maximum Gasteiger partial charge on any atom is 0.240 e. The molecule has 3 aromatic carbocycles. The predicted octanol–water partition coefficient (Wildman–Crippen LogP) is 3.49. The van der Waals surface area contributed by atoms with Gasteiger partial charge < -0.3 is 9.80 Å². The van der Waals surface area contributed by atoms with Gasteiger partial charge in [0.15, 0.2) is 0 Å². The lowest BCUT2D eigenvalue weighted by Gasteiger charge is -2.25. The SMILES string of the molecule is CN(C)c1ccc([C@@H](CNS(=O)(=O)c2ccc3ccccc3c2)N(C)C)cc1. The molecule has 0 aliphatic carbocycles. The second-order valence-electron chi connectivity index (χ2n) is 7.33. The normalized spacial score (nSPS) is 13.0. The number of hydrogen-bond acceptors (Lipinski definition) is 4. The lowest BCUT2D eigenvalue weighted by atomic mass is 10.1. The molecule has 0 saturated heterocycles. The molecule has 0 heterocycles. The first-order valence-electron chi connectivity index (χ1n) is 9.20. The molecule has 0 spiro atoms. The number of anilines is 1. The van der Waals surface area contributed by atoms with Gasteiger partial charge in [-0.3, -0.25) is 0 Å². The molecule has 1 atom stereocenters. The van der Waals surface area contributed by atoms with Crippen LogP contribution in [0.2, 0.25) is 0 Å². The van der Waals surface area contributed by atoms with Crippen molar-refractivity contribution in [2.24, 2.45) is 0 Å². The molecule has 3 rings (SSSR count). The summed E-state index contributed by atoms with van der Waals surface area (Å²) in [7, 11) is 4.30. The minimum atomic E-state index is -3.59. The highest BCUT2D eigenvalue weighted by molar-refractivity contribution is 7.89. The molecule has 0 radical (unpaired) electrons. The zero-order valence-corrected chi connectivity index (χ0v) is 17.6. The Morgan fingerprint density at radius 2 is 1.50 bits per heavy atom. The highest BCUT2D eigenvalue weighted by Gasteiger charge is 2.20. The van der Waals surface area contributed by atoms with Crippen LogP contribution in [0.3, 0.4) is 0 Å². The Hall–Kier alpha value is -2.41. The van der Waals surface area contributed by atoms with Crippen molar-refractivity contribution in [1.82, 2.24) is 9.62 Å². The monoisotopic (exact) mass is 397 g/mol. The molecule has 0 amide bonds. The first-order chi connectivity index (χ1) is 13.3. The zero-order valence-electron chi connectivity index (χ0n) is 16.8. The molecular formula is C22H27N3O2S. The molecule has 0 saturated carbocycles. The van der Waals surface area contributed by atoms with E-state index in [-0.39, 0.29) is 10.9 Å². The van der Waals surface area contributed by atoms with Gasteiger partial charge in [0.25, 0.3) is 0 Å². The summed E-state index contributed by atoms with van der Waals surface area (Å²) in [5.74, 6) is 0. The zero-order chi connectivity index (χ0) is 20.3. The topological polar surface area (TPSA) is 52.7 Å². The van der Waals surface area contributed by atoms with E-state index in [0.717, 1.165) is 22.0 Å². The van der Waals surface area contributed by atoms with Crippen LogP contribution in [0.5, 0.6) is 0 Å². The summed E-state index contributed by atoms with van der Waals surface area (Å²) < 4.78 is 28.5. The Morgan fingerprint density at radius 1 is 0.857 bits per heavy atom. The number of nitrogens with one attached hydrogen (secondary N) is 1. The summed E-state index contributed by atoms with van der Waals surface area (Å²) in [6, 6.07) is 21.1. The molecule has 28 heavy (non-hydrogen) atoms. The first kappa shape index (κ1) is 20.3. The molecule has 148 valence electrons. The average molecular weight is 398 g/mol. The number of nitrogens with zero attached hydrogens (tertiary/aromatic N) is 2. The third kappa shape index (κ3) is 4.52. The van der Waals surface area contributed by atoms with E-state index in [9.17, 15) is 8.42 Å². The van der Waals surface area contributed by atoms with Gasteiger partial charge in [0.2, 0.25) is 10.0 Å². The Labute approximate surface area is 167 Å². The van der Waals surface area contributed by atoms with Crippen LogP contribution in [-0.2, 0) is 10.0 Å². The molecule has 0 aliphatic rings. The van der Waals surface area contributed by atoms with Crippen molar-refractivity contribution >= 4 is 26.5 Å².